The Morgan fingerprint density at radius 3 is 2.70 bits per heavy atom. The molecular formula is C14H18ClNO3S. The van der Waals surface area contributed by atoms with E-state index in [0.717, 1.165) is 11.3 Å². The molecule has 1 aliphatic heterocycles. The first kappa shape index (κ1) is 15.3. The van der Waals surface area contributed by atoms with Crippen LogP contribution in [-0.2, 0) is 13.8 Å². The Kier molecular flexibility index (Phi) is 4.39. The van der Waals surface area contributed by atoms with Gasteiger partial charge in [-0.05, 0) is 23.6 Å². The van der Waals surface area contributed by atoms with E-state index < -0.39 is 9.05 Å². The van der Waals surface area contributed by atoms with E-state index in [2.05, 4.69) is 13.8 Å². The Balaban J connectivity index is 2.17. The molecule has 1 unspecified atom stereocenters. The van der Waals surface area contributed by atoms with Gasteiger partial charge in [0, 0.05) is 35.3 Å². The molecule has 0 aliphatic carbocycles. The third-order valence-electron chi connectivity index (χ3n) is 3.49. The number of hydrogen-bond donors (Lipinski definition) is 0. The van der Waals surface area contributed by atoms with Crippen molar-refractivity contribution >= 4 is 31.3 Å². The minimum absolute atomic E-state index is 0.0452. The van der Waals surface area contributed by atoms with Crippen LogP contribution in [0.3, 0.4) is 0 Å². The monoisotopic (exact) mass is 315 g/mol. The number of nitrogens with zero attached hydrogens (tertiary/aromatic N) is 1. The lowest BCUT2D eigenvalue weighted by Crippen LogP contribution is -2.25. The number of carbonyl (C=O) groups is 1. The maximum atomic E-state index is 12.0. The molecule has 1 aromatic carbocycles. The molecule has 1 atom stereocenters. The van der Waals surface area contributed by atoms with Crippen LogP contribution in [0.4, 0.5) is 5.69 Å². The summed E-state index contributed by atoms with van der Waals surface area (Å²) >= 11 is 0. The molecule has 1 amide bonds. The highest BCUT2D eigenvalue weighted by atomic mass is 35.7. The van der Waals surface area contributed by atoms with Crippen molar-refractivity contribution < 1.29 is 13.2 Å². The summed E-state index contributed by atoms with van der Waals surface area (Å²) in [7, 11) is 1.70. The van der Waals surface area contributed by atoms with Crippen molar-refractivity contribution in [1.82, 2.24) is 0 Å². The molecule has 110 valence electrons. The predicted octanol–water partition coefficient (Wildman–Crippen LogP) is 2.73. The fourth-order valence-electron chi connectivity index (χ4n) is 2.48. The lowest BCUT2D eigenvalue weighted by Gasteiger charge is -2.18. The van der Waals surface area contributed by atoms with Gasteiger partial charge in [-0.15, -0.1) is 0 Å². The second-order valence-electron chi connectivity index (χ2n) is 5.53. The second-order valence-corrected chi connectivity index (χ2v) is 8.35. The number of amides is 1. The van der Waals surface area contributed by atoms with Crippen LogP contribution in [0.15, 0.2) is 24.3 Å². The standard InChI is InChI=1S/C14H18ClNO3S/c1-10(2)12-4-3-5-13(7-12)16-8-11(6-14(16)17)9-20(15,18)19/h3-5,7,10-11H,6,8-9H2,1-2H3. The lowest BCUT2D eigenvalue weighted by molar-refractivity contribution is -0.117. The van der Waals surface area contributed by atoms with E-state index in [1.165, 1.54) is 0 Å². The van der Waals surface area contributed by atoms with Crippen LogP contribution >= 0.6 is 10.7 Å². The first-order valence-electron chi connectivity index (χ1n) is 6.59. The highest BCUT2D eigenvalue weighted by molar-refractivity contribution is 8.13. The van der Waals surface area contributed by atoms with Gasteiger partial charge in [-0.2, -0.15) is 0 Å². The van der Waals surface area contributed by atoms with Crippen LogP contribution in [0.1, 0.15) is 31.7 Å². The number of carbonyl (C=O) groups excluding carboxylic acids is 1. The Bertz CT molecular complexity index is 613. The summed E-state index contributed by atoms with van der Waals surface area (Å²) in [6.07, 6.45) is 0.234. The third-order valence-corrected chi connectivity index (χ3v) is 4.74. The SMILES string of the molecule is CC(C)c1cccc(N2CC(CS(=O)(=O)Cl)CC2=O)c1. The number of anilines is 1. The lowest BCUT2D eigenvalue weighted by atomic mass is 10.0. The van der Waals surface area contributed by atoms with E-state index >= 15 is 0 Å². The third kappa shape index (κ3) is 3.73. The van der Waals surface area contributed by atoms with Gasteiger partial charge >= 0.3 is 0 Å². The van der Waals surface area contributed by atoms with Crippen molar-refractivity contribution in [2.45, 2.75) is 26.2 Å². The molecule has 6 heteroatoms. The molecule has 20 heavy (non-hydrogen) atoms. The van der Waals surface area contributed by atoms with Crippen LogP contribution in [0.5, 0.6) is 0 Å². The summed E-state index contributed by atoms with van der Waals surface area (Å²) in [6.45, 7) is 4.59. The van der Waals surface area contributed by atoms with Gasteiger partial charge in [-0.25, -0.2) is 8.42 Å². The van der Waals surface area contributed by atoms with Crippen LogP contribution < -0.4 is 4.90 Å². The van der Waals surface area contributed by atoms with Crippen LogP contribution in [0.2, 0.25) is 0 Å². The average Bonchev–Trinajstić information content (AvgIpc) is 2.68. The summed E-state index contributed by atoms with van der Waals surface area (Å²) < 4.78 is 22.2. The number of rotatable bonds is 4. The van der Waals surface area contributed by atoms with Crippen molar-refractivity contribution in [3.63, 3.8) is 0 Å². The van der Waals surface area contributed by atoms with Gasteiger partial charge in [-0.1, -0.05) is 26.0 Å². The average molecular weight is 316 g/mol. The van der Waals surface area contributed by atoms with Gasteiger partial charge in [0.15, 0.2) is 0 Å². The first-order valence-corrected chi connectivity index (χ1v) is 9.07. The fourth-order valence-corrected chi connectivity index (χ4v) is 3.80. The second kappa shape index (κ2) is 5.74. The smallest absolute Gasteiger partial charge is 0.232 e. The molecule has 0 spiro atoms. The molecule has 1 aromatic rings. The van der Waals surface area contributed by atoms with Gasteiger partial charge in [0.25, 0.3) is 0 Å². The summed E-state index contributed by atoms with van der Waals surface area (Å²) in [4.78, 5) is 13.7. The predicted molar refractivity (Wildman–Crippen MR) is 80.6 cm³/mol. The summed E-state index contributed by atoms with van der Waals surface area (Å²) in [5.41, 5.74) is 1.99. The van der Waals surface area contributed by atoms with Gasteiger partial charge in [-0.3, -0.25) is 4.79 Å². The quantitative estimate of drug-likeness (QED) is 0.803. The van der Waals surface area contributed by atoms with E-state index in [-0.39, 0.29) is 24.0 Å². The van der Waals surface area contributed by atoms with Crippen molar-refractivity contribution in [1.29, 1.82) is 0 Å². The summed E-state index contributed by atoms with van der Waals surface area (Å²) in [5, 5.41) is 0. The van der Waals surface area contributed by atoms with E-state index in [0.29, 0.717) is 12.5 Å². The van der Waals surface area contributed by atoms with Crippen LogP contribution in [-0.4, -0.2) is 26.6 Å². The van der Waals surface area contributed by atoms with E-state index in [4.69, 9.17) is 10.7 Å². The van der Waals surface area contributed by atoms with Gasteiger partial charge in [0.05, 0.1) is 5.75 Å². The number of benzene rings is 1. The highest BCUT2D eigenvalue weighted by Gasteiger charge is 2.33. The van der Waals surface area contributed by atoms with Crippen LogP contribution in [0, 0.1) is 5.92 Å². The highest BCUT2D eigenvalue weighted by Crippen LogP contribution is 2.28. The van der Waals surface area contributed by atoms with Crippen molar-refractivity contribution in [2.75, 3.05) is 17.2 Å². The number of halogens is 1. The van der Waals surface area contributed by atoms with Crippen molar-refractivity contribution in [3.05, 3.63) is 29.8 Å². The topological polar surface area (TPSA) is 54.5 Å². The van der Waals surface area contributed by atoms with Crippen molar-refractivity contribution in [2.24, 2.45) is 5.92 Å². The minimum atomic E-state index is -3.56. The summed E-state index contributed by atoms with van der Waals surface area (Å²) in [6, 6.07) is 7.81. The minimum Gasteiger partial charge on any atom is -0.312 e. The zero-order valence-electron chi connectivity index (χ0n) is 11.5. The van der Waals surface area contributed by atoms with E-state index in [1.54, 1.807) is 4.90 Å². The Hall–Kier alpha value is -1.07. The maximum Gasteiger partial charge on any atom is 0.232 e. The molecule has 2 rings (SSSR count). The molecule has 0 bridgehead atoms. The van der Waals surface area contributed by atoms with Gasteiger partial charge < -0.3 is 4.90 Å². The Morgan fingerprint density at radius 1 is 1.40 bits per heavy atom. The Morgan fingerprint density at radius 2 is 2.10 bits per heavy atom. The molecule has 1 saturated heterocycles. The summed E-state index contributed by atoms with van der Waals surface area (Å²) in [5.74, 6) is -0.0451. The zero-order valence-corrected chi connectivity index (χ0v) is 13.1. The Labute approximate surface area is 124 Å². The zero-order chi connectivity index (χ0) is 14.9. The van der Waals surface area contributed by atoms with Gasteiger partial charge in [0.1, 0.15) is 0 Å². The van der Waals surface area contributed by atoms with Crippen molar-refractivity contribution in [3.8, 4) is 0 Å². The molecule has 1 heterocycles. The largest absolute Gasteiger partial charge is 0.312 e. The van der Waals surface area contributed by atoms with E-state index in [1.807, 2.05) is 24.3 Å². The molecular weight excluding hydrogens is 298 g/mol. The molecule has 1 aliphatic rings. The van der Waals surface area contributed by atoms with Gasteiger partial charge in [0.2, 0.25) is 15.0 Å². The van der Waals surface area contributed by atoms with E-state index in [9.17, 15) is 13.2 Å². The molecule has 0 N–H and O–H groups in total. The normalized spacial score (nSPS) is 19.9. The maximum absolute atomic E-state index is 12.0. The molecule has 1 fully saturated rings. The fraction of sp³-hybridized carbons (Fsp3) is 0.500. The first-order chi connectivity index (χ1) is 9.26. The molecule has 0 radical (unpaired) electrons. The van der Waals surface area contributed by atoms with Crippen LogP contribution in [0.25, 0.3) is 0 Å². The molecule has 0 aromatic heterocycles. The molecule has 4 nitrogen and oxygen atoms in total. The number of hydrogen-bond acceptors (Lipinski definition) is 3. The molecule has 0 saturated carbocycles.